The number of nitrogens with zero attached hydrogens (tertiary/aromatic N) is 2. The van der Waals surface area contributed by atoms with E-state index in [0.29, 0.717) is 25.2 Å². The minimum absolute atomic E-state index is 0.0304. The minimum Gasteiger partial charge on any atom is -0.348 e. The fourth-order valence-corrected chi connectivity index (χ4v) is 4.52. The summed E-state index contributed by atoms with van der Waals surface area (Å²) in [6.07, 6.45) is 2.70. The first-order chi connectivity index (χ1) is 14.5. The Kier molecular flexibility index (Phi) is 6.18. The molecule has 1 N–H and O–H groups in total. The van der Waals surface area contributed by atoms with Crippen LogP contribution in [-0.2, 0) is 22.7 Å². The SMILES string of the molecule is O=C(NCc1cccc(Br)c1)c1ccc(CN2CC(=O)N3CCCCC3C2=O)cc1. The van der Waals surface area contributed by atoms with Crippen LogP contribution in [0.5, 0.6) is 0 Å². The van der Waals surface area contributed by atoms with Crippen LogP contribution in [0.3, 0.4) is 0 Å². The summed E-state index contributed by atoms with van der Waals surface area (Å²) in [5.41, 5.74) is 2.48. The first-order valence-electron chi connectivity index (χ1n) is 10.2. The van der Waals surface area contributed by atoms with E-state index in [0.717, 1.165) is 34.9 Å². The normalized spacial score (nSPS) is 18.9. The van der Waals surface area contributed by atoms with Crippen LogP contribution in [0.4, 0.5) is 0 Å². The quantitative estimate of drug-likeness (QED) is 0.731. The predicted octanol–water partition coefficient (Wildman–Crippen LogP) is 3.10. The molecule has 0 bridgehead atoms. The molecule has 156 valence electrons. The van der Waals surface area contributed by atoms with Gasteiger partial charge in [0.05, 0.1) is 0 Å². The fourth-order valence-electron chi connectivity index (χ4n) is 4.08. The smallest absolute Gasteiger partial charge is 0.251 e. The van der Waals surface area contributed by atoms with Crippen LogP contribution in [-0.4, -0.2) is 46.7 Å². The van der Waals surface area contributed by atoms with E-state index in [1.165, 1.54) is 0 Å². The standard InChI is InChI=1S/C23H24BrN3O3/c24-19-5-3-4-17(12-19)13-25-22(29)18-9-7-16(8-10-18)14-26-15-21(28)27-11-2-1-6-20(27)23(26)30/h3-5,7-10,12,20H,1-2,6,11,13-15H2,(H,25,29). The topological polar surface area (TPSA) is 69.7 Å². The lowest BCUT2D eigenvalue weighted by atomic mass is 9.98. The van der Waals surface area contributed by atoms with E-state index >= 15 is 0 Å². The number of hydrogen-bond acceptors (Lipinski definition) is 3. The first-order valence-corrected chi connectivity index (χ1v) is 11.0. The van der Waals surface area contributed by atoms with Gasteiger partial charge in [-0.2, -0.15) is 0 Å². The van der Waals surface area contributed by atoms with Crippen molar-refractivity contribution in [2.24, 2.45) is 0 Å². The molecule has 0 aliphatic carbocycles. The average molecular weight is 470 g/mol. The van der Waals surface area contributed by atoms with Gasteiger partial charge in [-0.1, -0.05) is 40.2 Å². The van der Waals surface area contributed by atoms with E-state index < -0.39 is 0 Å². The number of carbonyl (C=O) groups excluding carboxylic acids is 3. The number of hydrogen-bond donors (Lipinski definition) is 1. The molecule has 6 nitrogen and oxygen atoms in total. The molecule has 1 atom stereocenters. The van der Waals surface area contributed by atoms with Crippen LogP contribution < -0.4 is 5.32 Å². The highest BCUT2D eigenvalue weighted by molar-refractivity contribution is 9.10. The van der Waals surface area contributed by atoms with Crippen molar-refractivity contribution in [2.75, 3.05) is 13.1 Å². The van der Waals surface area contributed by atoms with Gasteiger partial charge in [0.15, 0.2) is 0 Å². The highest BCUT2D eigenvalue weighted by Crippen LogP contribution is 2.24. The van der Waals surface area contributed by atoms with Crippen LogP contribution in [0, 0.1) is 0 Å². The molecule has 3 amide bonds. The van der Waals surface area contributed by atoms with Crippen molar-refractivity contribution in [2.45, 2.75) is 38.4 Å². The Morgan fingerprint density at radius 3 is 2.63 bits per heavy atom. The molecule has 2 aromatic carbocycles. The van der Waals surface area contributed by atoms with E-state index in [4.69, 9.17) is 0 Å². The van der Waals surface area contributed by atoms with Gasteiger partial charge in [0.25, 0.3) is 5.91 Å². The summed E-state index contributed by atoms with van der Waals surface area (Å²) in [4.78, 5) is 41.0. The summed E-state index contributed by atoms with van der Waals surface area (Å²) in [5.74, 6) is -0.0865. The molecular formula is C23H24BrN3O3. The number of rotatable bonds is 5. The first kappa shape index (κ1) is 20.6. The lowest BCUT2D eigenvalue weighted by Crippen LogP contribution is -2.60. The van der Waals surface area contributed by atoms with Crippen molar-refractivity contribution >= 4 is 33.7 Å². The third-order valence-corrected chi connectivity index (χ3v) is 6.17. The van der Waals surface area contributed by atoms with Gasteiger partial charge in [0.2, 0.25) is 11.8 Å². The average Bonchev–Trinajstić information content (AvgIpc) is 2.76. The van der Waals surface area contributed by atoms with E-state index in [-0.39, 0.29) is 30.3 Å². The maximum absolute atomic E-state index is 12.8. The zero-order valence-electron chi connectivity index (χ0n) is 16.6. The summed E-state index contributed by atoms with van der Waals surface area (Å²) in [6.45, 7) is 1.65. The van der Waals surface area contributed by atoms with Crippen molar-refractivity contribution in [3.05, 3.63) is 69.7 Å². The van der Waals surface area contributed by atoms with Crippen LogP contribution in [0.15, 0.2) is 53.0 Å². The van der Waals surface area contributed by atoms with E-state index in [1.807, 2.05) is 36.4 Å². The number of nitrogens with one attached hydrogen (secondary N) is 1. The van der Waals surface area contributed by atoms with Crippen molar-refractivity contribution in [3.63, 3.8) is 0 Å². The van der Waals surface area contributed by atoms with Gasteiger partial charge >= 0.3 is 0 Å². The van der Waals surface area contributed by atoms with E-state index in [1.54, 1.807) is 21.9 Å². The Hall–Kier alpha value is -2.67. The third kappa shape index (κ3) is 4.56. The second kappa shape index (κ2) is 9.00. The molecule has 0 saturated carbocycles. The lowest BCUT2D eigenvalue weighted by Gasteiger charge is -2.42. The van der Waals surface area contributed by atoms with E-state index in [2.05, 4.69) is 21.2 Å². The maximum Gasteiger partial charge on any atom is 0.251 e. The van der Waals surface area contributed by atoms with Crippen molar-refractivity contribution < 1.29 is 14.4 Å². The molecule has 0 spiro atoms. The number of benzene rings is 2. The molecule has 7 heteroatoms. The zero-order chi connectivity index (χ0) is 21.1. The van der Waals surface area contributed by atoms with Gasteiger partial charge in [-0.3, -0.25) is 14.4 Å². The minimum atomic E-state index is -0.303. The van der Waals surface area contributed by atoms with Crippen LogP contribution in [0.25, 0.3) is 0 Å². The maximum atomic E-state index is 12.8. The number of halogens is 1. The predicted molar refractivity (Wildman–Crippen MR) is 117 cm³/mol. The fraction of sp³-hybridized carbons (Fsp3) is 0.348. The molecule has 2 saturated heterocycles. The highest BCUT2D eigenvalue weighted by Gasteiger charge is 2.40. The number of piperazine rings is 1. The molecule has 2 fully saturated rings. The molecule has 2 heterocycles. The van der Waals surface area contributed by atoms with E-state index in [9.17, 15) is 14.4 Å². The van der Waals surface area contributed by atoms with Crippen LogP contribution >= 0.6 is 15.9 Å². The summed E-state index contributed by atoms with van der Waals surface area (Å²) in [7, 11) is 0. The number of carbonyl (C=O) groups is 3. The van der Waals surface area contributed by atoms with Gasteiger partial charge < -0.3 is 15.1 Å². The van der Waals surface area contributed by atoms with Gasteiger partial charge in [0.1, 0.15) is 12.6 Å². The third-order valence-electron chi connectivity index (χ3n) is 5.68. The Morgan fingerprint density at radius 2 is 1.87 bits per heavy atom. The molecule has 4 rings (SSSR count). The number of piperidine rings is 1. The molecule has 0 radical (unpaired) electrons. The lowest BCUT2D eigenvalue weighted by molar-refractivity contribution is -0.158. The number of amides is 3. The second-order valence-electron chi connectivity index (χ2n) is 7.80. The Bertz CT molecular complexity index is 960. The summed E-state index contributed by atoms with van der Waals surface area (Å²) in [6, 6.07) is 14.7. The zero-order valence-corrected chi connectivity index (χ0v) is 18.2. The van der Waals surface area contributed by atoms with Gasteiger partial charge in [-0.15, -0.1) is 0 Å². The molecule has 1 unspecified atom stereocenters. The molecular weight excluding hydrogens is 446 g/mol. The monoisotopic (exact) mass is 469 g/mol. The molecule has 2 aliphatic rings. The van der Waals surface area contributed by atoms with Crippen molar-refractivity contribution in [3.8, 4) is 0 Å². The molecule has 2 aliphatic heterocycles. The molecule has 30 heavy (non-hydrogen) atoms. The van der Waals surface area contributed by atoms with Gasteiger partial charge in [0, 0.05) is 29.7 Å². The summed E-state index contributed by atoms with van der Waals surface area (Å²) < 4.78 is 0.973. The Labute approximate surface area is 184 Å². The molecule has 0 aromatic heterocycles. The van der Waals surface area contributed by atoms with Crippen molar-refractivity contribution in [1.82, 2.24) is 15.1 Å². The van der Waals surface area contributed by atoms with Gasteiger partial charge in [-0.05, 0) is 54.7 Å². The van der Waals surface area contributed by atoms with Crippen molar-refractivity contribution in [1.29, 1.82) is 0 Å². The summed E-state index contributed by atoms with van der Waals surface area (Å²) in [5, 5.41) is 2.91. The van der Waals surface area contributed by atoms with Crippen LogP contribution in [0.1, 0.15) is 40.7 Å². The Morgan fingerprint density at radius 1 is 1.07 bits per heavy atom. The highest BCUT2D eigenvalue weighted by atomic mass is 79.9. The second-order valence-corrected chi connectivity index (χ2v) is 8.72. The summed E-state index contributed by atoms with van der Waals surface area (Å²) >= 11 is 3.43. The number of fused-ring (bicyclic) bond motifs is 1. The Balaban J connectivity index is 1.35. The largest absolute Gasteiger partial charge is 0.348 e. The van der Waals surface area contributed by atoms with Gasteiger partial charge in [-0.25, -0.2) is 0 Å². The van der Waals surface area contributed by atoms with Crippen LogP contribution in [0.2, 0.25) is 0 Å². The molecule has 2 aromatic rings.